The van der Waals surface area contributed by atoms with Crippen molar-refractivity contribution in [3.05, 3.63) is 77.7 Å². The Morgan fingerprint density at radius 1 is 1.18 bits per heavy atom. The van der Waals surface area contributed by atoms with E-state index in [4.69, 9.17) is 4.74 Å². The van der Waals surface area contributed by atoms with Crippen LogP contribution in [0.25, 0.3) is 0 Å². The molecule has 0 aliphatic rings. The molecular weight excluding hydrogens is 445 g/mol. The minimum atomic E-state index is -4.44. The van der Waals surface area contributed by atoms with Crippen LogP contribution in [0.2, 0.25) is 0 Å². The second kappa shape index (κ2) is 16.1. The fourth-order valence-electron chi connectivity index (χ4n) is 2.40. The predicted octanol–water partition coefficient (Wildman–Crippen LogP) is 5.93. The minimum Gasteiger partial charge on any atom is -0.501 e. The maximum absolute atomic E-state index is 12.9. The Labute approximate surface area is 199 Å². The third kappa shape index (κ3) is 11.3. The molecule has 2 N–H and O–H groups in total. The number of nitrogens with one attached hydrogen (secondary N) is 2. The van der Waals surface area contributed by atoms with Gasteiger partial charge in [0.25, 0.3) is 0 Å². The lowest BCUT2D eigenvalue weighted by Crippen LogP contribution is -2.26. The number of methoxy groups -OCH3 is 1. The summed E-state index contributed by atoms with van der Waals surface area (Å²) in [4.78, 5) is 19.6. The Hall–Kier alpha value is -3.62. The van der Waals surface area contributed by atoms with Gasteiger partial charge in [0.2, 0.25) is 0 Å². The van der Waals surface area contributed by atoms with Gasteiger partial charge in [-0.1, -0.05) is 32.6 Å². The van der Waals surface area contributed by atoms with E-state index < -0.39 is 11.7 Å². The highest BCUT2D eigenvalue weighted by molar-refractivity contribution is 6.07. The summed E-state index contributed by atoms with van der Waals surface area (Å²) in [7, 11) is 3.14. The van der Waals surface area contributed by atoms with Crippen LogP contribution in [-0.2, 0) is 15.7 Å². The first-order chi connectivity index (χ1) is 16.1. The topological polar surface area (TPSA) is 75.1 Å². The summed E-state index contributed by atoms with van der Waals surface area (Å²) < 4.78 is 43.7. The summed E-state index contributed by atoms with van der Waals surface area (Å²) >= 11 is 0. The van der Waals surface area contributed by atoms with Crippen molar-refractivity contribution in [1.82, 2.24) is 5.32 Å². The molecule has 186 valence electrons. The van der Waals surface area contributed by atoms with Crippen LogP contribution in [0.15, 0.2) is 82.2 Å². The average molecular weight is 479 g/mol. The molecule has 0 aliphatic heterocycles. The van der Waals surface area contributed by atoms with E-state index in [-0.39, 0.29) is 12.2 Å². The number of allylic oxidation sites excluding steroid dienone is 4. The number of ether oxygens (including phenoxy) is 1. The van der Waals surface area contributed by atoms with Crippen LogP contribution < -0.4 is 10.6 Å². The maximum Gasteiger partial charge on any atom is 0.416 e. The van der Waals surface area contributed by atoms with Gasteiger partial charge < -0.3 is 15.4 Å². The molecule has 0 bridgehead atoms. The van der Waals surface area contributed by atoms with Gasteiger partial charge in [0.05, 0.1) is 25.0 Å². The Morgan fingerprint density at radius 2 is 1.85 bits per heavy atom. The van der Waals surface area contributed by atoms with Crippen LogP contribution in [0.1, 0.15) is 33.3 Å². The van der Waals surface area contributed by atoms with Gasteiger partial charge in [0.15, 0.2) is 5.84 Å². The van der Waals surface area contributed by atoms with Gasteiger partial charge in [-0.3, -0.25) is 9.79 Å². The highest BCUT2D eigenvalue weighted by atomic mass is 19.4. The van der Waals surface area contributed by atoms with E-state index >= 15 is 0 Å². The first-order valence-corrected chi connectivity index (χ1v) is 10.5. The standard InChI is InChI=1S/C23H27F3N4O2.C2H6/c1-6-18(11-10-16(2)32-5)22(27-4)30-17(3)29-21(12-13-31)15-28-20-9-7-8-19(14-20)23(24,25)26;1-2/h6-14,28H,1,15H2,2-5H3,(H,27,29,30);1-2H3/b16-10+,18-11+,21-12-;. The van der Waals surface area contributed by atoms with Crippen LogP contribution in [0.5, 0.6) is 0 Å². The maximum atomic E-state index is 12.9. The van der Waals surface area contributed by atoms with Gasteiger partial charge in [-0.15, -0.1) is 0 Å². The molecule has 0 amide bonds. The normalized spacial score (nSPS) is 13.5. The number of anilines is 1. The molecule has 0 fully saturated rings. The Morgan fingerprint density at radius 3 is 2.38 bits per heavy atom. The van der Waals surface area contributed by atoms with Gasteiger partial charge >= 0.3 is 6.18 Å². The summed E-state index contributed by atoms with van der Waals surface area (Å²) in [6, 6.07) is 4.80. The SMILES string of the molecule is C=C/C(=C\C=C(/C)OC)C(N=C(C)N/C(=C\C=O)CNc1cccc(C(F)(F)F)c1)=NC.CC. The monoisotopic (exact) mass is 478 g/mol. The Bertz CT molecular complexity index is 959. The highest BCUT2D eigenvalue weighted by Gasteiger charge is 2.30. The molecule has 9 heteroatoms. The van der Waals surface area contributed by atoms with Gasteiger partial charge in [0, 0.05) is 24.0 Å². The first-order valence-electron chi connectivity index (χ1n) is 10.5. The summed E-state index contributed by atoms with van der Waals surface area (Å²) in [5.74, 6) is 1.50. The third-order valence-electron chi connectivity index (χ3n) is 4.07. The lowest BCUT2D eigenvalue weighted by Gasteiger charge is -2.14. The first kappa shape index (κ1) is 30.4. The zero-order valence-corrected chi connectivity index (χ0v) is 20.5. The van der Waals surface area contributed by atoms with Crippen molar-refractivity contribution in [3.63, 3.8) is 0 Å². The van der Waals surface area contributed by atoms with Crippen molar-refractivity contribution in [2.75, 3.05) is 26.0 Å². The van der Waals surface area contributed by atoms with Crippen molar-refractivity contribution in [1.29, 1.82) is 0 Å². The zero-order valence-electron chi connectivity index (χ0n) is 20.5. The van der Waals surface area contributed by atoms with Crippen molar-refractivity contribution in [3.8, 4) is 0 Å². The molecule has 34 heavy (non-hydrogen) atoms. The van der Waals surface area contributed by atoms with Crippen molar-refractivity contribution in [2.24, 2.45) is 9.98 Å². The molecule has 0 heterocycles. The number of aliphatic imine (C=N–C) groups is 2. The lowest BCUT2D eigenvalue weighted by atomic mass is 10.2. The van der Waals surface area contributed by atoms with Gasteiger partial charge in [-0.25, -0.2) is 4.99 Å². The third-order valence-corrected chi connectivity index (χ3v) is 4.07. The number of rotatable bonds is 9. The predicted molar refractivity (Wildman–Crippen MR) is 134 cm³/mol. The molecule has 0 saturated heterocycles. The quantitative estimate of drug-likeness (QED) is 0.115. The van der Waals surface area contributed by atoms with Crippen LogP contribution >= 0.6 is 0 Å². The molecule has 0 aliphatic carbocycles. The van der Waals surface area contributed by atoms with E-state index in [0.29, 0.717) is 35.0 Å². The fourth-order valence-corrected chi connectivity index (χ4v) is 2.40. The Kier molecular flexibility index (Phi) is 14.4. The van der Waals surface area contributed by atoms with Crippen LogP contribution in [-0.4, -0.2) is 38.7 Å². The molecule has 0 radical (unpaired) electrons. The van der Waals surface area contributed by atoms with Crippen LogP contribution in [0.3, 0.4) is 0 Å². The summed E-state index contributed by atoms with van der Waals surface area (Å²) in [5.41, 5.74) is 0.557. The molecule has 0 unspecified atom stereocenters. The smallest absolute Gasteiger partial charge is 0.416 e. The van der Waals surface area contributed by atoms with Gasteiger partial charge in [-0.05, 0) is 50.3 Å². The van der Waals surface area contributed by atoms with Crippen molar-refractivity contribution >= 4 is 23.6 Å². The molecule has 1 rings (SSSR count). The number of alkyl halides is 3. The highest BCUT2D eigenvalue weighted by Crippen LogP contribution is 2.30. The van der Waals surface area contributed by atoms with Crippen molar-refractivity contribution < 1.29 is 22.7 Å². The number of hydrogen-bond acceptors (Lipinski definition) is 4. The van der Waals surface area contributed by atoms with Gasteiger partial charge in [-0.2, -0.15) is 13.2 Å². The molecule has 0 atom stereocenters. The van der Waals surface area contributed by atoms with Crippen molar-refractivity contribution in [2.45, 2.75) is 33.9 Å². The molecule has 0 spiro atoms. The number of amidine groups is 2. The average Bonchev–Trinajstić information content (AvgIpc) is 2.82. The summed E-state index contributed by atoms with van der Waals surface area (Å²) in [5, 5.41) is 5.83. The number of benzene rings is 1. The van der Waals surface area contributed by atoms with E-state index in [1.807, 2.05) is 13.8 Å². The summed E-state index contributed by atoms with van der Waals surface area (Å²) in [6.07, 6.45) is 2.49. The van der Waals surface area contributed by atoms with Crippen LogP contribution in [0.4, 0.5) is 18.9 Å². The second-order valence-electron chi connectivity index (χ2n) is 6.44. The molecular formula is C25H33F3N4O2. The molecule has 6 nitrogen and oxygen atoms in total. The van der Waals surface area contributed by atoms with E-state index in [1.165, 1.54) is 18.2 Å². The number of halogens is 3. The van der Waals surface area contributed by atoms with E-state index in [1.54, 1.807) is 46.2 Å². The Balaban J connectivity index is 0.00000529. The zero-order chi connectivity index (χ0) is 26.1. The largest absolute Gasteiger partial charge is 0.501 e. The van der Waals surface area contributed by atoms with E-state index in [9.17, 15) is 18.0 Å². The summed E-state index contributed by atoms with van der Waals surface area (Å²) in [6.45, 7) is 11.3. The fraction of sp³-hybridized carbons (Fsp3) is 0.320. The minimum absolute atomic E-state index is 0.0748. The number of carbonyl (C=O) groups is 1. The molecule has 0 aromatic heterocycles. The molecule has 1 aromatic carbocycles. The lowest BCUT2D eigenvalue weighted by molar-refractivity contribution is -0.137. The van der Waals surface area contributed by atoms with Crippen LogP contribution in [0, 0.1) is 0 Å². The number of hydrogen-bond donors (Lipinski definition) is 2. The molecule has 1 aromatic rings. The molecule has 0 saturated carbocycles. The van der Waals surface area contributed by atoms with Gasteiger partial charge in [0.1, 0.15) is 12.1 Å². The number of carbonyl (C=O) groups excluding carboxylic acids is 1. The number of nitrogens with zero attached hydrogens (tertiary/aromatic N) is 2. The second-order valence-corrected chi connectivity index (χ2v) is 6.44. The van der Waals surface area contributed by atoms with E-state index in [0.717, 1.165) is 12.1 Å². The number of aldehydes is 1. The van der Waals surface area contributed by atoms with E-state index in [2.05, 4.69) is 27.2 Å².